The topological polar surface area (TPSA) is 74.8 Å². The van der Waals surface area contributed by atoms with Crippen molar-refractivity contribution in [3.8, 4) is 11.4 Å². The van der Waals surface area contributed by atoms with Crippen molar-refractivity contribution in [2.75, 3.05) is 5.32 Å². The Morgan fingerprint density at radius 2 is 1.96 bits per heavy atom. The third-order valence-corrected chi connectivity index (χ3v) is 4.80. The van der Waals surface area contributed by atoms with Gasteiger partial charge in [-0.15, -0.1) is 11.3 Å². The molecule has 2 N–H and O–H groups in total. The molecular formula is C18H17N3O2S. The average Bonchev–Trinajstić information content (AvgIpc) is 2.86. The van der Waals surface area contributed by atoms with Crippen LogP contribution in [0.3, 0.4) is 0 Å². The molecule has 0 fully saturated rings. The molecule has 0 aliphatic heterocycles. The molecule has 3 rings (SSSR count). The molecule has 1 amide bonds. The lowest BCUT2D eigenvalue weighted by atomic mass is 10.2. The number of hydrogen-bond acceptors (Lipinski definition) is 4. The Morgan fingerprint density at radius 3 is 2.62 bits per heavy atom. The van der Waals surface area contributed by atoms with Gasteiger partial charge in [-0.1, -0.05) is 12.1 Å². The fraction of sp³-hybridized carbons (Fsp3) is 0.167. The fourth-order valence-electron chi connectivity index (χ4n) is 2.34. The number of amides is 1. The van der Waals surface area contributed by atoms with E-state index in [0.717, 1.165) is 16.0 Å². The zero-order valence-corrected chi connectivity index (χ0v) is 14.5. The first kappa shape index (κ1) is 16.1. The standard InChI is InChI=1S/C18H17N3O2S/c1-10-7-15(24-12(10)3)18(23)20-14-6-4-5-13(9-14)17-19-11(2)8-16(22)21-17/h4-9H,1-3H3,(H,20,23)(H,19,21,22). The normalized spacial score (nSPS) is 10.6. The van der Waals surface area contributed by atoms with Crippen molar-refractivity contribution in [3.63, 3.8) is 0 Å². The summed E-state index contributed by atoms with van der Waals surface area (Å²) in [6.07, 6.45) is 0. The fourth-order valence-corrected chi connectivity index (χ4v) is 3.27. The van der Waals surface area contributed by atoms with Crippen LogP contribution >= 0.6 is 11.3 Å². The molecule has 0 unspecified atom stereocenters. The molecule has 6 heteroatoms. The van der Waals surface area contributed by atoms with Crippen LogP contribution in [0.4, 0.5) is 5.69 Å². The van der Waals surface area contributed by atoms with Crippen LogP contribution in [0.1, 0.15) is 25.8 Å². The van der Waals surface area contributed by atoms with E-state index in [1.165, 1.54) is 17.4 Å². The number of aromatic nitrogens is 2. The van der Waals surface area contributed by atoms with Gasteiger partial charge in [0.2, 0.25) is 0 Å². The van der Waals surface area contributed by atoms with E-state index in [1.54, 1.807) is 13.0 Å². The predicted molar refractivity (Wildman–Crippen MR) is 96.8 cm³/mol. The van der Waals surface area contributed by atoms with Crippen LogP contribution in [-0.2, 0) is 0 Å². The minimum Gasteiger partial charge on any atom is -0.321 e. The molecule has 1 aromatic carbocycles. The van der Waals surface area contributed by atoms with Crippen LogP contribution in [0, 0.1) is 20.8 Å². The van der Waals surface area contributed by atoms with Gasteiger partial charge in [0.05, 0.1) is 4.88 Å². The predicted octanol–water partition coefficient (Wildman–Crippen LogP) is 3.68. The van der Waals surface area contributed by atoms with Gasteiger partial charge in [-0.05, 0) is 44.5 Å². The van der Waals surface area contributed by atoms with Gasteiger partial charge < -0.3 is 10.3 Å². The summed E-state index contributed by atoms with van der Waals surface area (Å²) in [6, 6.07) is 10.6. The van der Waals surface area contributed by atoms with Crippen molar-refractivity contribution in [1.29, 1.82) is 0 Å². The van der Waals surface area contributed by atoms with E-state index in [9.17, 15) is 9.59 Å². The Kier molecular flexibility index (Phi) is 4.31. The molecule has 122 valence electrons. The smallest absolute Gasteiger partial charge is 0.265 e. The number of aryl methyl sites for hydroxylation is 3. The monoisotopic (exact) mass is 339 g/mol. The molecule has 0 radical (unpaired) electrons. The first-order valence-corrected chi connectivity index (χ1v) is 8.31. The third kappa shape index (κ3) is 3.44. The summed E-state index contributed by atoms with van der Waals surface area (Å²) in [4.78, 5) is 32.8. The number of benzene rings is 1. The molecule has 0 saturated heterocycles. The molecule has 0 saturated carbocycles. The minimum atomic E-state index is -0.198. The SMILES string of the molecule is Cc1cc(=O)[nH]c(-c2cccc(NC(=O)c3cc(C)c(C)s3)c2)n1. The molecule has 3 aromatic rings. The average molecular weight is 339 g/mol. The van der Waals surface area contributed by atoms with E-state index in [4.69, 9.17) is 0 Å². The summed E-state index contributed by atoms with van der Waals surface area (Å²) < 4.78 is 0. The lowest BCUT2D eigenvalue weighted by Crippen LogP contribution is -2.11. The highest BCUT2D eigenvalue weighted by Crippen LogP contribution is 2.23. The number of anilines is 1. The second-order valence-corrected chi connectivity index (χ2v) is 6.88. The van der Waals surface area contributed by atoms with Crippen molar-refractivity contribution in [1.82, 2.24) is 9.97 Å². The zero-order chi connectivity index (χ0) is 17.3. The number of carbonyl (C=O) groups is 1. The molecule has 0 spiro atoms. The van der Waals surface area contributed by atoms with Gasteiger partial charge in [0.15, 0.2) is 0 Å². The van der Waals surface area contributed by atoms with Gasteiger partial charge in [-0.25, -0.2) is 4.98 Å². The van der Waals surface area contributed by atoms with E-state index < -0.39 is 0 Å². The second-order valence-electron chi connectivity index (χ2n) is 5.62. The summed E-state index contributed by atoms with van der Waals surface area (Å²) in [7, 11) is 0. The van der Waals surface area contributed by atoms with Gasteiger partial charge in [-0.2, -0.15) is 0 Å². The molecule has 0 aliphatic carbocycles. The van der Waals surface area contributed by atoms with Crippen LogP contribution in [0.25, 0.3) is 11.4 Å². The van der Waals surface area contributed by atoms with Gasteiger partial charge in [0.1, 0.15) is 5.82 Å². The molecular weight excluding hydrogens is 322 g/mol. The molecule has 0 bridgehead atoms. The van der Waals surface area contributed by atoms with Gasteiger partial charge in [-0.3, -0.25) is 9.59 Å². The lowest BCUT2D eigenvalue weighted by Gasteiger charge is -2.07. The molecule has 2 aromatic heterocycles. The molecule has 2 heterocycles. The van der Waals surface area contributed by atoms with Crippen LogP contribution in [0.2, 0.25) is 0 Å². The van der Waals surface area contributed by atoms with Crippen molar-refractivity contribution in [3.05, 3.63) is 67.8 Å². The Morgan fingerprint density at radius 1 is 1.17 bits per heavy atom. The van der Waals surface area contributed by atoms with Crippen molar-refractivity contribution in [2.24, 2.45) is 0 Å². The van der Waals surface area contributed by atoms with E-state index in [1.807, 2.05) is 38.1 Å². The van der Waals surface area contributed by atoms with Crippen LogP contribution in [0.5, 0.6) is 0 Å². The zero-order valence-electron chi connectivity index (χ0n) is 13.6. The van der Waals surface area contributed by atoms with Crippen molar-refractivity contribution < 1.29 is 4.79 Å². The van der Waals surface area contributed by atoms with Crippen molar-refractivity contribution >= 4 is 22.9 Å². The van der Waals surface area contributed by atoms with Crippen LogP contribution in [-0.4, -0.2) is 15.9 Å². The van der Waals surface area contributed by atoms with E-state index in [0.29, 0.717) is 22.1 Å². The maximum absolute atomic E-state index is 12.4. The Labute approximate surface area is 143 Å². The maximum atomic E-state index is 12.4. The van der Waals surface area contributed by atoms with Crippen molar-refractivity contribution in [2.45, 2.75) is 20.8 Å². The Balaban J connectivity index is 1.87. The number of carbonyl (C=O) groups excluding carboxylic acids is 1. The number of rotatable bonds is 3. The maximum Gasteiger partial charge on any atom is 0.265 e. The molecule has 5 nitrogen and oxygen atoms in total. The van der Waals surface area contributed by atoms with Gasteiger partial charge >= 0.3 is 0 Å². The number of thiophene rings is 1. The van der Waals surface area contributed by atoms with Crippen LogP contribution in [0.15, 0.2) is 41.2 Å². The number of H-pyrrole nitrogens is 1. The summed E-state index contributed by atoms with van der Waals surface area (Å²) >= 11 is 1.47. The quantitative estimate of drug-likeness (QED) is 0.764. The van der Waals surface area contributed by atoms with E-state index in [2.05, 4.69) is 15.3 Å². The highest BCUT2D eigenvalue weighted by Gasteiger charge is 2.11. The second kappa shape index (κ2) is 6.41. The summed E-state index contributed by atoms with van der Waals surface area (Å²) in [5, 5.41) is 2.89. The number of hydrogen-bond donors (Lipinski definition) is 2. The van der Waals surface area contributed by atoms with Gasteiger partial charge in [0, 0.05) is 27.9 Å². The Hall–Kier alpha value is -2.73. The number of nitrogens with one attached hydrogen (secondary N) is 2. The first-order valence-electron chi connectivity index (χ1n) is 7.49. The van der Waals surface area contributed by atoms with Crippen LogP contribution < -0.4 is 10.9 Å². The highest BCUT2D eigenvalue weighted by atomic mass is 32.1. The molecule has 0 atom stereocenters. The minimum absolute atomic E-state index is 0.140. The first-order chi connectivity index (χ1) is 11.4. The lowest BCUT2D eigenvalue weighted by molar-refractivity contribution is 0.103. The Bertz CT molecular complexity index is 953. The highest BCUT2D eigenvalue weighted by molar-refractivity contribution is 7.14. The van der Waals surface area contributed by atoms with E-state index >= 15 is 0 Å². The summed E-state index contributed by atoms with van der Waals surface area (Å²) in [5.74, 6) is 0.345. The van der Waals surface area contributed by atoms with E-state index in [-0.39, 0.29) is 11.5 Å². The number of nitrogens with zero attached hydrogens (tertiary/aromatic N) is 1. The molecule has 24 heavy (non-hydrogen) atoms. The number of aromatic amines is 1. The van der Waals surface area contributed by atoms with Gasteiger partial charge in [0.25, 0.3) is 11.5 Å². The third-order valence-electron chi connectivity index (χ3n) is 3.65. The summed E-state index contributed by atoms with van der Waals surface area (Å²) in [6.45, 7) is 5.76. The largest absolute Gasteiger partial charge is 0.321 e. The molecule has 0 aliphatic rings. The summed E-state index contributed by atoms with van der Waals surface area (Å²) in [5.41, 5.74) is 2.96.